The third-order valence-corrected chi connectivity index (χ3v) is 9.01. The van der Waals surface area contributed by atoms with Gasteiger partial charge in [0, 0.05) is 36.9 Å². The average molecular weight is 729 g/mol. The van der Waals surface area contributed by atoms with Gasteiger partial charge < -0.3 is 36.2 Å². The molecule has 280 valence electrons. The van der Waals surface area contributed by atoms with Gasteiger partial charge >= 0.3 is 6.09 Å². The average Bonchev–Trinajstić information content (AvgIpc) is 3.87. The minimum absolute atomic E-state index is 0.0129. The summed E-state index contributed by atoms with van der Waals surface area (Å²) in [5.74, 6) is -5.26. The van der Waals surface area contributed by atoms with Crippen molar-refractivity contribution in [3.05, 3.63) is 66.7 Å². The van der Waals surface area contributed by atoms with Gasteiger partial charge in [-0.05, 0) is 36.6 Å². The van der Waals surface area contributed by atoms with Crippen LogP contribution in [0.5, 0.6) is 5.75 Å². The number of ether oxygens (including phenoxy) is 1. The van der Waals surface area contributed by atoms with Crippen molar-refractivity contribution in [2.24, 2.45) is 11.8 Å². The zero-order valence-electron chi connectivity index (χ0n) is 29.8. The molecule has 3 aromatic rings. The molecule has 53 heavy (non-hydrogen) atoms. The molecule has 5 rings (SSSR count). The van der Waals surface area contributed by atoms with Crippen LogP contribution in [0, 0.1) is 11.8 Å². The largest absolute Gasteiger partial charge is 0.415 e. The van der Waals surface area contributed by atoms with E-state index in [4.69, 9.17) is 4.74 Å². The van der Waals surface area contributed by atoms with Gasteiger partial charge in [0.1, 0.15) is 17.5 Å². The van der Waals surface area contributed by atoms with E-state index < -0.39 is 77.9 Å². The maximum atomic E-state index is 13.9. The SMILES string of the molecule is CCC[C@H](NC(=O)[C@@H]1CN(C(=O)Oc2cccc3ccccc23)C[C@@H]1NC(=O)[C@@H](NC(=O)CNC(=O)c1cnccn1)C(C)C)C(=O)C(=O)NC1CC1. The summed E-state index contributed by atoms with van der Waals surface area (Å²) in [6, 6.07) is 9.43. The summed E-state index contributed by atoms with van der Waals surface area (Å²) in [7, 11) is 0. The molecule has 1 saturated carbocycles. The third kappa shape index (κ3) is 10.1. The highest BCUT2D eigenvalue weighted by atomic mass is 16.6. The topological polar surface area (TPSA) is 218 Å². The van der Waals surface area contributed by atoms with Crippen LogP contribution in [0.1, 0.15) is 56.9 Å². The van der Waals surface area contributed by atoms with Crippen molar-refractivity contribution in [2.45, 2.75) is 70.6 Å². The summed E-state index contributed by atoms with van der Waals surface area (Å²) in [6.07, 6.45) is 5.50. The number of amides is 6. The number of hydrogen-bond acceptors (Lipinski definition) is 10. The predicted octanol–water partition coefficient (Wildman–Crippen LogP) is 1.25. The van der Waals surface area contributed by atoms with E-state index in [1.807, 2.05) is 37.3 Å². The lowest BCUT2D eigenvalue weighted by Crippen LogP contribution is -2.57. The van der Waals surface area contributed by atoms with Crippen molar-refractivity contribution in [3.8, 4) is 5.75 Å². The summed E-state index contributed by atoms with van der Waals surface area (Å²) >= 11 is 0. The first-order valence-corrected chi connectivity index (χ1v) is 17.7. The number of aromatic nitrogens is 2. The summed E-state index contributed by atoms with van der Waals surface area (Å²) < 4.78 is 5.78. The lowest BCUT2D eigenvalue weighted by Gasteiger charge is -2.26. The second-order valence-corrected chi connectivity index (χ2v) is 13.5. The maximum absolute atomic E-state index is 13.9. The van der Waals surface area contributed by atoms with Crippen LogP contribution < -0.4 is 31.3 Å². The Morgan fingerprint density at radius 1 is 0.925 bits per heavy atom. The fraction of sp³-hybridized carbons (Fsp3) is 0.432. The number of nitrogens with one attached hydrogen (secondary N) is 5. The van der Waals surface area contributed by atoms with Crippen molar-refractivity contribution >= 4 is 52.2 Å². The molecule has 2 fully saturated rings. The Kier molecular flexibility index (Phi) is 12.7. The molecular weight excluding hydrogens is 684 g/mol. The summed E-state index contributed by atoms with van der Waals surface area (Å²) in [6.45, 7) is 4.49. The number of rotatable bonds is 15. The number of nitrogens with zero attached hydrogens (tertiary/aromatic N) is 3. The molecule has 1 aliphatic carbocycles. The molecule has 0 spiro atoms. The Balaban J connectivity index is 1.30. The number of hydrogen-bond donors (Lipinski definition) is 5. The van der Waals surface area contributed by atoms with E-state index in [1.54, 1.807) is 26.0 Å². The molecule has 2 heterocycles. The van der Waals surface area contributed by atoms with E-state index in [1.165, 1.54) is 23.5 Å². The molecule has 5 N–H and O–H groups in total. The Morgan fingerprint density at radius 3 is 2.38 bits per heavy atom. The highest BCUT2D eigenvalue weighted by Gasteiger charge is 2.43. The van der Waals surface area contributed by atoms with E-state index >= 15 is 0 Å². The van der Waals surface area contributed by atoms with E-state index in [-0.39, 0.29) is 31.2 Å². The molecule has 2 aliphatic rings. The van der Waals surface area contributed by atoms with Crippen LogP contribution in [0.3, 0.4) is 0 Å². The van der Waals surface area contributed by atoms with Crippen LogP contribution >= 0.6 is 0 Å². The van der Waals surface area contributed by atoms with E-state index in [9.17, 15) is 33.6 Å². The van der Waals surface area contributed by atoms with E-state index in [0.29, 0.717) is 17.6 Å². The van der Waals surface area contributed by atoms with Gasteiger partial charge in [-0.2, -0.15) is 0 Å². The summed E-state index contributed by atoms with van der Waals surface area (Å²) in [5.41, 5.74) is 0.0129. The quantitative estimate of drug-likeness (QED) is 0.141. The molecule has 2 aromatic carbocycles. The second-order valence-electron chi connectivity index (χ2n) is 13.5. The van der Waals surface area contributed by atoms with Crippen LogP contribution in [0.25, 0.3) is 10.8 Å². The lowest BCUT2D eigenvalue weighted by molar-refractivity contribution is -0.140. The molecule has 0 radical (unpaired) electrons. The standard InChI is InChI=1S/C37H44N8O8/c1-4-8-26(32(47)36(51)41-23-13-14-23)42-33(48)25-19-45(37(52)53-29-12-7-10-22-9-5-6-11-24(22)29)20-28(25)43-35(50)31(21(2)3)44-30(46)18-40-34(49)27-17-38-15-16-39-27/h5-7,9-12,15-17,21,23,25-26,28,31H,4,8,13-14,18-20H2,1-3H3,(H,40,49)(H,41,51)(H,42,48)(H,43,50)(H,44,46)/t25-,26+,28+,31+/m1/s1. The Morgan fingerprint density at radius 2 is 1.68 bits per heavy atom. The van der Waals surface area contributed by atoms with E-state index in [0.717, 1.165) is 18.2 Å². The minimum atomic E-state index is -1.11. The number of fused-ring (bicyclic) bond motifs is 1. The zero-order valence-corrected chi connectivity index (χ0v) is 29.8. The highest BCUT2D eigenvalue weighted by Crippen LogP contribution is 2.27. The monoisotopic (exact) mass is 728 g/mol. The Labute approximate surface area is 306 Å². The zero-order chi connectivity index (χ0) is 38.1. The highest BCUT2D eigenvalue weighted by molar-refractivity contribution is 6.38. The van der Waals surface area contributed by atoms with Gasteiger partial charge in [0.05, 0.1) is 30.7 Å². The maximum Gasteiger partial charge on any atom is 0.415 e. The van der Waals surface area contributed by atoms with E-state index in [2.05, 4.69) is 36.6 Å². The fourth-order valence-electron chi connectivity index (χ4n) is 5.99. The summed E-state index contributed by atoms with van der Waals surface area (Å²) in [4.78, 5) is 101. The van der Waals surface area contributed by atoms with Gasteiger partial charge in [-0.25, -0.2) is 9.78 Å². The molecule has 6 amide bonds. The molecule has 1 aromatic heterocycles. The number of carbonyl (C=O) groups excluding carboxylic acids is 7. The van der Waals surface area contributed by atoms with Gasteiger partial charge in [-0.1, -0.05) is 63.6 Å². The second kappa shape index (κ2) is 17.5. The summed E-state index contributed by atoms with van der Waals surface area (Å²) in [5, 5.41) is 14.8. The van der Waals surface area contributed by atoms with Gasteiger partial charge in [0.25, 0.3) is 11.8 Å². The molecule has 4 atom stereocenters. The smallest absolute Gasteiger partial charge is 0.410 e. The normalized spacial score (nSPS) is 17.7. The van der Waals surface area contributed by atoms with Crippen LogP contribution in [-0.4, -0.2) is 100 Å². The van der Waals surface area contributed by atoms with Crippen molar-refractivity contribution in [2.75, 3.05) is 19.6 Å². The molecule has 1 saturated heterocycles. The third-order valence-electron chi connectivity index (χ3n) is 9.01. The van der Waals surface area contributed by atoms with Crippen LogP contribution in [0.4, 0.5) is 4.79 Å². The van der Waals surface area contributed by atoms with Gasteiger partial charge in [-0.3, -0.25) is 33.8 Å². The van der Waals surface area contributed by atoms with Crippen molar-refractivity contribution in [1.82, 2.24) is 41.5 Å². The van der Waals surface area contributed by atoms with Crippen molar-refractivity contribution in [3.63, 3.8) is 0 Å². The number of Topliss-reactive ketones (excluding diaryl/α,β-unsaturated/α-hetero) is 1. The number of likely N-dealkylation sites (tertiary alicyclic amines) is 1. The van der Waals surface area contributed by atoms with Crippen LogP contribution in [0.2, 0.25) is 0 Å². The molecule has 1 aliphatic heterocycles. The Bertz CT molecular complexity index is 1850. The van der Waals surface area contributed by atoms with Crippen molar-refractivity contribution in [1.29, 1.82) is 0 Å². The Hall–Kier alpha value is -5.93. The van der Waals surface area contributed by atoms with Crippen LogP contribution in [-0.2, 0) is 24.0 Å². The van der Waals surface area contributed by atoms with Crippen molar-refractivity contribution < 1.29 is 38.3 Å². The van der Waals surface area contributed by atoms with Gasteiger partial charge in [-0.15, -0.1) is 0 Å². The lowest BCUT2D eigenvalue weighted by atomic mass is 9.98. The fourth-order valence-corrected chi connectivity index (χ4v) is 5.99. The minimum Gasteiger partial charge on any atom is -0.410 e. The number of benzene rings is 2. The first-order chi connectivity index (χ1) is 25.4. The first kappa shape index (κ1) is 38.3. The number of ketones is 1. The van der Waals surface area contributed by atoms with Crippen LogP contribution in [0.15, 0.2) is 61.1 Å². The molecule has 0 bridgehead atoms. The predicted molar refractivity (Wildman–Crippen MR) is 191 cm³/mol. The first-order valence-electron chi connectivity index (χ1n) is 17.7. The van der Waals surface area contributed by atoms with Gasteiger partial charge in [0.2, 0.25) is 23.5 Å². The molecule has 16 nitrogen and oxygen atoms in total. The molecular formula is C37H44N8O8. The number of carbonyl (C=O) groups is 7. The van der Waals surface area contributed by atoms with Gasteiger partial charge in [0.15, 0.2) is 0 Å². The molecule has 0 unspecified atom stereocenters. The molecule has 16 heteroatoms.